The number of anilines is 2. The smallest absolute Gasteiger partial charge is 0.245 e. The first-order valence-electron chi connectivity index (χ1n) is 7.24. The van der Waals surface area contributed by atoms with Crippen LogP contribution in [0.1, 0.15) is 44.2 Å². The average molecular weight is 294 g/mol. The maximum absolute atomic E-state index is 11.7. The fraction of sp³-hybridized carbons (Fsp3) is 0.533. The highest BCUT2D eigenvalue weighted by Gasteiger charge is 2.30. The summed E-state index contributed by atoms with van der Waals surface area (Å²) in [6.45, 7) is 3.25. The minimum Gasteiger partial charge on any atom is -0.368 e. The molecule has 2 heterocycles. The highest BCUT2D eigenvalue weighted by atomic mass is 35.5. The summed E-state index contributed by atoms with van der Waals surface area (Å²) in [5.74, 6) is -0.155. The zero-order valence-corrected chi connectivity index (χ0v) is 12.4. The lowest BCUT2D eigenvalue weighted by Gasteiger charge is -2.30. The van der Waals surface area contributed by atoms with Gasteiger partial charge in [-0.3, -0.25) is 4.79 Å². The monoisotopic (exact) mass is 293 g/mol. The normalized spacial score (nSPS) is 26.1. The Kier molecular flexibility index (Phi) is 3.61. The molecule has 20 heavy (non-hydrogen) atoms. The number of fused-ring (bicyclic) bond motifs is 1. The number of nitrogens with two attached hydrogens (primary N) is 1. The second kappa shape index (κ2) is 5.26. The van der Waals surface area contributed by atoms with Gasteiger partial charge in [-0.1, -0.05) is 24.4 Å². The molecule has 0 bridgehead atoms. The van der Waals surface area contributed by atoms with Gasteiger partial charge in [-0.05, 0) is 31.9 Å². The molecule has 1 saturated heterocycles. The first-order valence-corrected chi connectivity index (χ1v) is 7.62. The van der Waals surface area contributed by atoms with Crippen LogP contribution in [0.25, 0.3) is 0 Å². The second-order valence-corrected chi connectivity index (χ2v) is 6.16. The summed E-state index contributed by atoms with van der Waals surface area (Å²) < 4.78 is 0. The molecule has 1 aromatic carbocycles. The van der Waals surface area contributed by atoms with Gasteiger partial charge in [0.15, 0.2) is 0 Å². The standard InChI is InChI=1S/C15H20ClN3O/c1-9-5-3-2-4-6-19(9)13-8-12-10(7-11(13)16)14(17)15(20)18-12/h7-9,14H,2-6,17H2,1H3,(H,18,20). The molecule has 2 aliphatic rings. The van der Waals surface area contributed by atoms with E-state index in [4.69, 9.17) is 17.3 Å². The third kappa shape index (κ3) is 2.27. The van der Waals surface area contributed by atoms with Crippen molar-refractivity contribution in [2.45, 2.75) is 44.7 Å². The molecule has 3 rings (SSSR count). The van der Waals surface area contributed by atoms with Crippen molar-refractivity contribution < 1.29 is 4.79 Å². The molecule has 0 saturated carbocycles. The molecule has 2 atom stereocenters. The Morgan fingerprint density at radius 3 is 2.95 bits per heavy atom. The Hall–Kier alpha value is -1.26. The molecule has 0 aliphatic carbocycles. The van der Waals surface area contributed by atoms with Crippen LogP contribution >= 0.6 is 11.6 Å². The van der Waals surface area contributed by atoms with Crippen molar-refractivity contribution in [3.8, 4) is 0 Å². The van der Waals surface area contributed by atoms with Crippen LogP contribution in [0.4, 0.5) is 11.4 Å². The molecule has 0 aromatic heterocycles. The first kappa shape index (κ1) is 13.7. The second-order valence-electron chi connectivity index (χ2n) is 5.75. The number of hydrogen-bond donors (Lipinski definition) is 2. The van der Waals surface area contributed by atoms with Crippen molar-refractivity contribution in [1.82, 2.24) is 0 Å². The first-order chi connectivity index (χ1) is 9.58. The zero-order chi connectivity index (χ0) is 14.3. The molecule has 3 N–H and O–H groups in total. The molecule has 5 heteroatoms. The van der Waals surface area contributed by atoms with Crippen LogP contribution in [0.2, 0.25) is 5.02 Å². The molecule has 0 radical (unpaired) electrons. The van der Waals surface area contributed by atoms with Crippen LogP contribution in [0.15, 0.2) is 12.1 Å². The minimum atomic E-state index is -0.599. The van der Waals surface area contributed by atoms with E-state index in [1.807, 2.05) is 12.1 Å². The number of carbonyl (C=O) groups is 1. The van der Waals surface area contributed by atoms with Crippen molar-refractivity contribution in [2.24, 2.45) is 5.73 Å². The lowest BCUT2D eigenvalue weighted by molar-refractivity contribution is -0.116. The van der Waals surface area contributed by atoms with Gasteiger partial charge in [0, 0.05) is 23.8 Å². The number of amides is 1. The van der Waals surface area contributed by atoms with Crippen molar-refractivity contribution in [3.63, 3.8) is 0 Å². The summed E-state index contributed by atoms with van der Waals surface area (Å²) in [5, 5.41) is 3.52. The van der Waals surface area contributed by atoms with Gasteiger partial charge in [0.1, 0.15) is 6.04 Å². The zero-order valence-electron chi connectivity index (χ0n) is 11.7. The number of benzene rings is 1. The molecule has 1 aromatic rings. The molecule has 0 spiro atoms. The minimum absolute atomic E-state index is 0.155. The van der Waals surface area contributed by atoms with E-state index < -0.39 is 6.04 Å². The Labute approximate surface area is 124 Å². The molecule has 4 nitrogen and oxygen atoms in total. The number of carbonyl (C=O) groups excluding carboxylic acids is 1. The van der Waals surface area contributed by atoms with Crippen LogP contribution in [0.5, 0.6) is 0 Å². The molecule has 108 valence electrons. The van der Waals surface area contributed by atoms with Gasteiger partial charge in [-0.25, -0.2) is 0 Å². The Bertz CT molecular complexity index is 546. The average Bonchev–Trinajstić information content (AvgIpc) is 2.60. The van der Waals surface area contributed by atoms with E-state index in [-0.39, 0.29) is 5.91 Å². The van der Waals surface area contributed by atoms with Gasteiger partial charge >= 0.3 is 0 Å². The number of nitrogens with zero attached hydrogens (tertiary/aromatic N) is 1. The summed E-state index contributed by atoms with van der Waals surface area (Å²) >= 11 is 6.44. The summed E-state index contributed by atoms with van der Waals surface area (Å²) in [6, 6.07) is 3.69. The molecule has 2 aliphatic heterocycles. The van der Waals surface area contributed by atoms with E-state index in [1.54, 1.807) is 0 Å². The lowest BCUT2D eigenvalue weighted by Crippen LogP contribution is -2.32. The van der Waals surface area contributed by atoms with Gasteiger partial charge in [0.05, 0.1) is 10.7 Å². The van der Waals surface area contributed by atoms with Crippen LogP contribution in [-0.4, -0.2) is 18.5 Å². The Balaban J connectivity index is 1.98. The van der Waals surface area contributed by atoms with E-state index in [9.17, 15) is 4.79 Å². The van der Waals surface area contributed by atoms with E-state index in [2.05, 4.69) is 17.1 Å². The molecular weight excluding hydrogens is 274 g/mol. The van der Waals surface area contributed by atoms with Gasteiger partial charge in [0.2, 0.25) is 5.91 Å². The Morgan fingerprint density at radius 1 is 1.35 bits per heavy atom. The van der Waals surface area contributed by atoms with Gasteiger partial charge in [0.25, 0.3) is 0 Å². The van der Waals surface area contributed by atoms with E-state index in [0.717, 1.165) is 23.5 Å². The van der Waals surface area contributed by atoms with E-state index in [0.29, 0.717) is 11.1 Å². The SMILES string of the molecule is CC1CCCCCN1c1cc2c(cc1Cl)C(N)C(=O)N2. The van der Waals surface area contributed by atoms with Crippen LogP contribution in [0.3, 0.4) is 0 Å². The summed E-state index contributed by atoms with van der Waals surface area (Å²) in [4.78, 5) is 14.0. The predicted octanol–water partition coefficient (Wildman–Crippen LogP) is 3.06. The molecule has 1 amide bonds. The van der Waals surface area contributed by atoms with Crippen LogP contribution in [-0.2, 0) is 4.79 Å². The number of nitrogens with one attached hydrogen (secondary N) is 1. The maximum atomic E-state index is 11.7. The Morgan fingerprint density at radius 2 is 2.15 bits per heavy atom. The number of hydrogen-bond acceptors (Lipinski definition) is 3. The lowest BCUT2D eigenvalue weighted by atomic mass is 10.1. The third-order valence-corrected chi connectivity index (χ3v) is 4.66. The molecule has 1 fully saturated rings. The number of halogens is 1. The van der Waals surface area contributed by atoms with Crippen molar-refractivity contribution in [3.05, 3.63) is 22.7 Å². The summed E-state index contributed by atoms with van der Waals surface area (Å²) in [6.07, 6.45) is 4.90. The highest BCUT2D eigenvalue weighted by Crippen LogP contribution is 2.39. The quantitative estimate of drug-likeness (QED) is 0.836. The van der Waals surface area contributed by atoms with E-state index in [1.165, 1.54) is 25.7 Å². The van der Waals surface area contributed by atoms with Gasteiger partial charge < -0.3 is 16.0 Å². The van der Waals surface area contributed by atoms with Crippen LogP contribution < -0.4 is 16.0 Å². The predicted molar refractivity (Wildman–Crippen MR) is 82.3 cm³/mol. The number of rotatable bonds is 1. The van der Waals surface area contributed by atoms with Gasteiger partial charge in [-0.2, -0.15) is 0 Å². The maximum Gasteiger partial charge on any atom is 0.245 e. The van der Waals surface area contributed by atoms with Crippen molar-refractivity contribution >= 4 is 28.9 Å². The van der Waals surface area contributed by atoms with Crippen molar-refractivity contribution in [1.29, 1.82) is 0 Å². The van der Waals surface area contributed by atoms with E-state index >= 15 is 0 Å². The van der Waals surface area contributed by atoms with Gasteiger partial charge in [-0.15, -0.1) is 0 Å². The fourth-order valence-corrected chi connectivity index (χ4v) is 3.43. The molecule has 2 unspecified atom stereocenters. The topological polar surface area (TPSA) is 58.4 Å². The largest absolute Gasteiger partial charge is 0.368 e. The van der Waals surface area contributed by atoms with Crippen molar-refractivity contribution in [2.75, 3.05) is 16.8 Å². The third-order valence-electron chi connectivity index (χ3n) is 4.36. The summed E-state index contributed by atoms with van der Waals surface area (Å²) in [7, 11) is 0. The molecular formula is C15H20ClN3O. The highest BCUT2D eigenvalue weighted by molar-refractivity contribution is 6.33. The van der Waals surface area contributed by atoms with Crippen LogP contribution in [0, 0.1) is 0 Å². The fourth-order valence-electron chi connectivity index (χ4n) is 3.15. The summed E-state index contributed by atoms with van der Waals surface area (Å²) in [5.41, 5.74) is 8.47.